The molecule has 2 saturated heterocycles. The van der Waals surface area contributed by atoms with Gasteiger partial charge >= 0.3 is 16.4 Å². The van der Waals surface area contributed by atoms with Crippen LogP contribution in [0.5, 0.6) is 0 Å². The lowest BCUT2D eigenvalue weighted by Crippen LogP contribution is -2.65. The van der Waals surface area contributed by atoms with Crippen LogP contribution in [-0.4, -0.2) is 143 Å². The van der Waals surface area contributed by atoms with Crippen molar-refractivity contribution in [2.45, 2.75) is 128 Å². The van der Waals surface area contributed by atoms with Gasteiger partial charge in [-0.3, -0.25) is 33.3 Å². The van der Waals surface area contributed by atoms with Gasteiger partial charge in [0, 0.05) is 19.9 Å². The molecule has 4 rings (SSSR count). The molecule has 6 amide bonds. The van der Waals surface area contributed by atoms with Gasteiger partial charge in [0.2, 0.25) is 29.5 Å². The van der Waals surface area contributed by atoms with Gasteiger partial charge in [-0.05, 0) is 49.1 Å². The third-order valence-electron chi connectivity index (χ3n) is 11.3. The lowest BCUT2D eigenvalue weighted by atomic mass is 9.94. The van der Waals surface area contributed by atoms with E-state index in [9.17, 15) is 52.2 Å². The fourth-order valence-electron chi connectivity index (χ4n) is 7.53. The number of nitrogens with one attached hydrogen (secondary N) is 4. The second kappa shape index (κ2) is 22.9. The van der Waals surface area contributed by atoms with Crippen molar-refractivity contribution in [3.8, 4) is 0 Å². The first-order valence-corrected chi connectivity index (χ1v) is 22.5. The van der Waals surface area contributed by atoms with E-state index in [-0.39, 0.29) is 38.0 Å². The molecule has 2 aromatic carbocycles. The summed E-state index contributed by atoms with van der Waals surface area (Å²) in [5.74, 6) is -7.60. The SMILES string of the molecule is CCC(C)C1NC(=O)C(Cc2ccccc2)N(C)C(=O)C(Cc2ccccc2)N2C(=O)C(CCC2O)NC(=O)C(CC(C)C)NC(=O)C(NC(=O)C(O)COS(=O)(=O)O)C(C)OC1=O. The maximum atomic E-state index is 15.0. The van der Waals surface area contributed by atoms with E-state index in [4.69, 9.17) is 9.29 Å². The van der Waals surface area contributed by atoms with Crippen molar-refractivity contribution in [3.63, 3.8) is 0 Å². The van der Waals surface area contributed by atoms with Gasteiger partial charge in [-0.2, -0.15) is 8.42 Å². The quantitative estimate of drug-likeness (QED) is 0.101. The van der Waals surface area contributed by atoms with E-state index in [0.29, 0.717) is 17.5 Å². The maximum Gasteiger partial charge on any atom is 0.397 e. The number of piperidine rings is 1. The van der Waals surface area contributed by atoms with Crippen LogP contribution in [0.2, 0.25) is 0 Å². The molecule has 2 aliphatic heterocycles. The normalized spacial score (nSPS) is 26.7. The van der Waals surface area contributed by atoms with Crippen LogP contribution >= 0.6 is 0 Å². The first-order chi connectivity index (χ1) is 30.1. The summed E-state index contributed by atoms with van der Waals surface area (Å²) < 4.78 is 41.1. The van der Waals surface area contributed by atoms with Gasteiger partial charge in [-0.25, -0.2) is 8.98 Å². The number of hydrogen-bond acceptors (Lipinski definition) is 13. The summed E-state index contributed by atoms with van der Waals surface area (Å²) in [7, 11) is -3.72. The van der Waals surface area contributed by atoms with Crippen molar-refractivity contribution in [2.75, 3.05) is 13.7 Å². The highest BCUT2D eigenvalue weighted by Crippen LogP contribution is 2.25. The lowest BCUT2D eigenvalue weighted by Gasteiger charge is -2.43. The molecule has 2 bridgehead atoms. The number of aliphatic hydroxyl groups excluding tert-OH is 2. The molecule has 2 fully saturated rings. The second-order valence-corrected chi connectivity index (χ2v) is 17.7. The smallest absolute Gasteiger partial charge is 0.397 e. The van der Waals surface area contributed by atoms with E-state index < -0.39 is 119 Å². The predicted molar refractivity (Wildman–Crippen MR) is 228 cm³/mol. The molecule has 2 aliphatic rings. The summed E-state index contributed by atoms with van der Waals surface area (Å²) in [5.41, 5.74) is 1.26. The number of benzene rings is 2. The molecule has 0 aliphatic carbocycles. The van der Waals surface area contributed by atoms with Crippen LogP contribution in [0.3, 0.4) is 0 Å². The van der Waals surface area contributed by atoms with Crippen LogP contribution in [0.25, 0.3) is 0 Å². The van der Waals surface area contributed by atoms with Gasteiger partial charge in [0.05, 0.1) is 0 Å². The molecule has 10 unspecified atom stereocenters. The molecule has 0 aromatic heterocycles. The number of hydrogen-bond donors (Lipinski definition) is 7. The average Bonchev–Trinajstić information content (AvgIpc) is 3.24. The molecule has 21 heteroatoms. The summed E-state index contributed by atoms with van der Waals surface area (Å²) in [4.78, 5) is 102. The van der Waals surface area contributed by atoms with E-state index in [1.54, 1.807) is 88.4 Å². The number of nitrogens with zero attached hydrogens (tertiary/aromatic N) is 2. The Kier molecular flexibility index (Phi) is 18.3. The zero-order valence-corrected chi connectivity index (χ0v) is 37.5. The Hall–Kier alpha value is -5.48. The highest BCUT2D eigenvalue weighted by Gasteiger charge is 2.46. The molecule has 2 heterocycles. The van der Waals surface area contributed by atoms with E-state index in [2.05, 4.69) is 25.5 Å². The van der Waals surface area contributed by atoms with Crippen LogP contribution < -0.4 is 21.3 Å². The van der Waals surface area contributed by atoms with Crippen molar-refractivity contribution in [3.05, 3.63) is 71.8 Å². The first kappa shape index (κ1) is 51.2. The Labute approximate surface area is 372 Å². The van der Waals surface area contributed by atoms with Gasteiger partial charge in [0.25, 0.3) is 5.91 Å². The zero-order chi connectivity index (χ0) is 47.5. The van der Waals surface area contributed by atoms with Crippen LogP contribution in [0.4, 0.5) is 0 Å². The van der Waals surface area contributed by atoms with E-state index >= 15 is 0 Å². The van der Waals surface area contributed by atoms with Gasteiger partial charge < -0.3 is 46.0 Å². The van der Waals surface area contributed by atoms with Crippen LogP contribution in [-0.2, 0) is 65.7 Å². The van der Waals surface area contributed by atoms with Gasteiger partial charge in [-0.15, -0.1) is 0 Å². The summed E-state index contributed by atoms with van der Waals surface area (Å²) in [6.45, 7) is 6.85. The molecule has 0 saturated carbocycles. The highest BCUT2D eigenvalue weighted by atomic mass is 32.3. The van der Waals surface area contributed by atoms with Gasteiger partial charge in [0.15, 0.2) is 6.10 Å². The van der Waals surface area contributed by atoms with Crippen LogP contribution in [0, 0.1) is 11.8 Å². The second-order valence-electron chi connectivity index (χ2n) is 16.6. The minimum Gasteiger partial charge on any atom is -0.458 e. The maximum absolute atomic E-state index is 15.0. The van der Waals surface area contributed by atoms with Crippen LogP contribution in [0.1, 0.15) is 71.4 Å². The summed E-state index contributed by atoms with van der Waals surface area (Å²) in [6.07, 6.45) is -5.35. The Morgan fingerprint density at radius 2 is 1.44 bits per heavy atom. The molecule has 0 radical (unpaired) electrons. The number of likely N-dealkylation sites (N-methyl/N-ethyl adjacent to an activating group) is 1. The van der Waals surface area contributed by atoms with Crippen molar-refractivity contribution in [1.29, 1.82) is 0 Å². The number of amides is 6. The minimum atomic E-state index is -5.10. The van der Waals surface area contributed by atoms with Crippen molar-refractivity contribution in [1.82, 2.24) is 31.1 Å². The van der Waals surface area contributed by atoms with Gasteiger partial charge in [-0.1, -0.05) is 94.8 Å². The Morgan fingerprint density at radius 3 is 1.98 bits per heavy atom. The van der Waals surface area contributed by atoms with E-state index in [1.807, 2.05) is 0 Å². The molecule has 64 heavy (non-hydrogen) atoms. The summed E-state index contributed by atoms with van der Waals surface area (Å²) >= 11 is 0. The molecule has 7 N–H and O–H groups in total. The number of carbonyl (C=O) groups excluding carboxylic acids is 7. The van der Waals surface area contributed by atoms with Gasteiger partial charge in [0.1, 0.15) is 55.2 Å². The predicted octanol–water partition coefficient (Wildman–Crippen LogP) is -0.235. The molecule has 2 aromatic rings. The zero-order valence-electron chi connectivity index (χ0n) is 36.7. The number of carbonyl (C=O) groups is 7. The standard InChI is InChI=1S/C43H60N6O14S/c1-7-25(4)35-43(58)63-26(5)36(47-39(54)33(50)23-62-64(59,60)61)40(55)45-30(20-24(2)3)37(52)44-29-18-19-34(51)49(41(29)56)32(22-28-16-12-9-13-17-28)42(57)48(6)31(38(53)46-35)21-27-14-10-8-11-15-27/h8-17,24-26,29-36,50-51H,7,18-23H2,1-6H3,(H,44,52)(H,45,55)(H,46,53)(H,47,54)(H,59,60,61). The Balaban J connectivity index is 1.87. The van der Waals surface area contributed by atoms with E-state index in [0.717, 1.165) is 9.80 Å². The Bertz CT molecular complexity index is 2080. The lowest BCUT2D eigenvalue weighted by molar-refractivity contribution is -0.165. The number of fused-ring (bicyclic) bond motifs is 2. The third kappa shape index (κ3) is 14.0. The fraction of sp³-hybridized carbons (Fsp3) is 0.558. The molecule has 20 nitrogen and oxygen atoms in total. The molecule has 352 valence electrons. The highest BCUT2D eigenvalue weighted by molar-refractivity contribution is 7.80. The molecule has 0 spiro atoms. The van der Waals surface area contributed by atoms with E-state index in [1.165, 1.54) is 14.0 Å². The van der Waals surface area contributed by atoms with Crippen molar-refractivity contribution < 1.29 is 65.7 Å². The van der Waals surface area contributed by atoms with Crippen molar-refractivity contribution in [2.24, 2.45) is 11.8 Å². The third-order valence-corrected chi connectivity index (χ3v) is 11.8. The first-order valence-electron chi connectivity index (χ1n) is 21.2. The van der Waals surface area contributed by atoms with Crippen LogP contribution in [0.15, 0.2) is 60.7 Å². The number of esters is 1. The largest absolute Gasteiger partial charge is 0.458 e. The number of rotatable bonds is 13. The average molecular weight is 917 g/mol. The summed E-state index contributed by atoms with van der Waals surface area (Å²) in [6, 6.07) is 8.76. The number of aliphatic hydroxyl groups is 2. The minimum absolute atomic E-state index is 0.0185. The monoisotopic (exact) mass is 916 g/mol. The number of ether oxygens (including phenoxy) is 1. The Morgan fingerprint density at radius 1 is 0.859 bits per heavy atom. The fourth-order valence-corrected chi connectivity index (χ4v) is 7.83. The summed E-state index contributed by atoms with van der Waals surface area (Å²) in [5, 5.41) is 32.0. The molecular weight excluding hydrogens is 857 g/mol. The molecular formula is C43H60N6O14S. The van der Waals surface area contributed by atoms with Crippen molar-refractivity contribution >= 4 is 51.8 Å². The topological polar surface area (TPSA) is 287 Å². The number of cyclic esters (lactones) is 1. The molecule has 10 atom stereocenters.